The largest absolute Gasteiger partial charge is 0.460 e. The zero-order chi connectivity index (χ0) is 24.1. The minimum absolute atomic E-state index is 0.632. The summed E-state index contributed by atoms with van der Waals surface area (Å²) in [5.41, 5.74) is 0. The number of rotatable bonds is 8. The molecule has 0 rings (SSSR count). The quantitative estimate of drug-likeness (QED) is 0.529. The molecule has 1 atom stereocenters. The molecule has 0 aromatic carbocycles. The van der Waals surface area contributed by atoms with Crippen LogP contribution in [0.3, 0.4) is 0 Å². The molecule has 0 unspecified atom stereocenters. The van der Waals surface area contributed by atoms with Crippen LogP contribution in [0.4, 0.5) is 65.9 Å². The fourth-order valence-corrected chi connectivity index (χ4v) is 1.46. The van der Waals surface area contributed by atoms with Gasteiger partial charge in [0.25, 0.3) is 5.91 Å². The Kier molecular flexibility index (Phi) is 6.85. The molecule has 0 aromatic rings. The Morgan fingerprint density at radius 1 is 0.690 bits per heavy atom. The molecule has 18 heteroatoms. The van der Waals surface area contributed by atoms with E-state index in [0.29, 0.717) is 12.2 Å². The first-order valence-electron chi connectivity index (χ1n) is 6.64. The van der Waals surface area contributed by atoms with Crippen molar-refractivity contribution in [2.24, 2.45) is 0 Å². The summed E-state index contributed by atoms with van der Waals surface area (Å²) in [5, 5.41) is 9.26. The summed E-state index contributed by atoms with van der Waals surface area (Å²) in [6.07, 6.45) is -9.50. The fourth-order valence-electron chi connectivity index (χ4n) is 1.46. The molecule has 174 valence electrons. The second-order valence-corrected chi connectivity index (χ2v) is 5.50. The highest BCUT2D eigenvalue weighted by molar-refractivity contribution is 5.84. The van der Waals surface area contributed by atoms with Crippen molar-refractivity contribution in [1.82, 2.24) is 5.32 Å². The lowest BCUT2D eigenvalue weighted by atomic mass is 9.91. The third kappa shape index (κ3) is 3.90. The molecule has 0 spiro atoms. The molecule has 0 aliphatic heterocycles. The maximum Gasteiger partial charge on any atom is 0.460 e. The van der Waals surface area contributed by atoms with Crippen molar-refractivity contribution in [2.45, 2.75) is 54.7 Å². The Morgan fingerprint density at radius 3 is 1.31 bits per heavy atom. The van der Waals surface area contributed by atoms with E-state index in [2.05, 4.69) is 0 Å². The minimum atomic E-state index is -8.45. The molecule has 0 aliphatic rings. The molecule has 29 heavy (non-hydrogen) atoms. The highest BCUT2D eigenvalue weighted by Crippen LogP contribution is 2.62. The Bertz CT molecular complexity index is 610. The predicted molar refractivity (Wildman–Crippen MR) is 60.4 cm³/mol. The second-order valence-electron chi connectivity index (χ2n) is 5.50. The lowest BCUT2D eigenvalue weighted by Crippen LogP contribution is -2.74. The number of aliphatic hydroxyl groups excluding tert-OH is 1. The number of alkyl halides is 15. The predicted octanol–water partition coefficient (Wildman–Crippen LogP) is 3.86. The molecule has 2 N–H and O–H groups in total. The van der Waals surface area contributed by atoms with E-state index in [9.17, 15) is 70.7 Å². The van der Waals surface area contributed by atoms with Gasteiger partial charge < -0.3 is 10.4 Å². The molecule has 0 aromatic heterocycles. The molecule has 1 amide bonds. The Balaban J connectivity index is 6.39. The number of hydrogen-bond acceptors (Lipinski definition) is 2. The van der Waals surface area contributed by atoms with E-state index >= 15 is 0 Å². The van der Waals surface area contributed by atoms with Gasteiger partial charge in [-0.15, -0.1) is 0 Å². The lowest BCUT2D eigenvalue weighted by molar-refractivity contribution is -0.449. The van der Waals surface area contributed by atoms with E-state index in [1.54, 1.807) is 0 Å². The van der Waals surface area contributed by atoms with Crippen molar-refractivity contribution < 1.29 is 75.8 Å². The van der Waals surface area contributed by atoms with Crippen LogP contribution in [0, 0.1) is 0 Å². The van der Waals surface area contributed by atoms with Gasteiger partial charge in [-0.2, -0.15) is 65.9 Å². The van der Waals surface area contributed by atoms with Gasteiger partial charge in [-0.05, 0) is 6.92 Å². The standard InChI is InChI=1S/C11H8F15NO2/c1-3(28)2-27-4(29)5(12,13)6(14,15)7(16,17)8(18,19)9(20,21)10(22,23)11(24,25)26/h3,28H,2H2,1H3,(H,27,29)/t3-/m0/s1. The van der Waals surface area contributed by atoms with E-state index < -0.39 is 60.3 Å². The summed E-state index contributed by atoms with van der Waals surface area (Å²) in [5.74, 6) is -51.7. The fraction of sp³-hybridized carbons (Fsp3) is 0.909. The Labute approximate surface area is 149 Å². The minimum Gasteiger partial charge on any atom is -0.392 e. The number of nitrogens with one attached hydrogen (secondary N) is 1. The third-order valence-electron chi connectivity index (χ3n) is 3.17. The molecule has 0 fully saturated rings. The molecule has 0 aliphatic carbocycles. The molecule has 0 saturated carbocycles. The summed E-state index contributed by atoms with van der Waals surface area (Å²) in [6.45, 7) is -0.673. The van der Waals surface area contributed by atoms with E-state index in [1.165, 1.54) is 0 Å². The summed E-state index contributed by atoms with van der Waals surface area (Å²) in [6, 6.07) is 0. The van der Waals surface area contributed by atoms with Crippen molar-refractivity contribution in [3.63, 3.8) is 0 Å². The molecule has 3 nitrogen and oxygen atoms in total. The van der Waals surface area contributed by atoms with E-state index in [1.807, 2.05) is 0 Å². The van der Waals surface area contributed by atoms with Gasteiger partial charge in [0, 0.05) is 6.54 Å². The average Bonchev–Trinajstić information content (AvgIpc) is 2.50. The summed E-state index contributed by atoms with van der Waals surface area (Å²) in [4.78, 5) is 10.8. The number of carbonyl (C=O) groups is 1. The SMILES string of the molecule is C[C@H](O)CNC(=O)C(F)(F)C(F)(F)C(F)(F)C(F)(F)C(F)(F)C(F)(F)C(F)(F)F. The zero-order valence-electron chi connectivity index (χ0n) is 13.3. The van der Waals surface area contributed by atoms with Crippen LogP contribution in [0.5, 0.6) is 0 Å². The van der Waals surface area contributed by atoms with Gasteiger partial charge >= 0.3 is 41.7 Å². The molecule has 0 bridgehead atoms. The number of carbonyl (C=O) groups excluding carboxylic acids is 1. The van der Waals surface area contributed by atoms with Crippen LogP contribution in [0.25, 0.3) is 0 Å². The highest BCUT2D eigenvalue weighted by atomic mass is 19.4. The van der Waals surface area contributed by atoms with Crippen LogP contribution in [0.1, 0.15) is 6.92 Å². The summed E-state index contributed by atoms with van der Waals surface area (Å²) >= 11 is 0. The van der Waals surface area contributed by atoms with Gasteiger partial charge in [0.1, 0.15) is 0 Å². The molecule has 0 saturated heterocycles. The molecule has 0 radical (unpaired) electrons. The summed E-state index contributed by atoms with van der Waals surface area (Å²) < 4.78 is 193. The van der Waals surface area contributed by atoms with Crippen molar-refractivity contribution in [3.8, 4) is 0 Å². The average molecular weight is 471 g/mol. The molecular formula is C11H8F15NO2. The first kappa shape index (κ1) is 27.4. The topological polar surface area (TPSA) is 49.3 Å². The van der Waals surface area contributed by atoms with Crippen LogP contribution < -0.4 is 5.32 Å². The van der Waals surface area contributed by atoms with Crippen LogP contribution in [-0.2, 0) is 4.79 Å². The first-order chi connectivity index (χ1) is 12.3. The Morgan fingerprint density at radius 2 is 1.00 bits per heavy atom. The monoisotopic (exact) mass is 471 g/mol. The van der Waals surface area contributed by atoms with Crippen molar-refractivity contribution in [3.05, 3.63) is 0 Å². The van der Waals surface area contributed by atoms with Crippen LogP contribution >= 0.6 is 0 Å². The van der Waals surface area contributed by atoms with Crippen molar-refractivity contribution in [1.29, 1.82) is 0 Å². The molecular weight excluding hydrogens is 463 g/mol. The van der Waals surface area contributed by atoms with Gasteiger partial charge in [-0.3, -0.25) is 4.79 Å². The van der Waals surface area contributed by atoms with Gasteiger partial charge in [-0.25, -0.2) is 0 Å². The smallest absolute Gasteiger partial charge is 0.392 e. The number of hydrogen-bond donors (Lipinski definition) is 2. The van der Waals surface area contributed by atoms with Gasteiger partial charge in [0.05, 0.1) is 6.10 Å². The number of amides is 1. The van der Waals surface area contributed by atoms with Crippen molar-refractivity contribution >= 4 is 5.91 Å². The first-order valence-corrected chi connectivity index (χ1v) is 6.64. The lowest BCUT2D eigenvalue weighted by Gasteiger charge is -2.41. The van der Waals surface area contributed by atoms with Gasteiger partial charge in [-0.1, -0.05) is 0 Å². The normalized spacial score (nSPS) is 16.6. The van der Waals surface area contributed by atoms with Crippen LogP contribution in [-0.4, -0.2) is 65.4 Å². The maximum absolute atomic E-state index is 13.3. The summed E-state index contributed by atoms with van der Waals surface area (Å²) in [7, 11) is 0. The van der Waals surface area contributed by atoms with Crippen molar-refractivity contribution in [2.75, 3.05) is 6.54 Å². The highest BCUT2D eigenvalue weighted by Gasteiger charge is 2.94. The Hall–Kier alpha value is -1.62. The number of halogens is 15. The van der Waals surface area contributed by atoms with E-state index in [4.69, 9.17) is 5.11 Å². The van der Waals surface area contributed by atoms with E-state index in [0.717, 1.165) is 0 Å². The zero-order valence-corrected chi connectivity index (χ0v) is 13.3. The van der Waals surface area contributed by atoms with Gasteiger partial charge in [0.2, 0.25) is 0 Å². The molecule has 0 heterocycles. The third-order valence-corrected chi connectivity index (χ3v) is 3.17. The second kappa shape index (κ2) is 7.26. The van der Waals surface area contributed by atoms with Crippen LogP contribution in [0.2, 0.25) is 0 Å². The van der Waals surface area contributed by atoms with Gasteiger partial charge in [0.15, 0.2) is 0 Å². The van der Waals surface area contributed by atoms with Crippen LogP contribution in [0.15, 0.2) is 0 Å². The maximum atomic E-state index is 13.3. The van der Waals surface area contributed by atoms with E-state index in [-0.39, 0.29) is 0 Å². The number of aliphatic hydroxyl groups is 1.